The summed E-state index contributed by atoms with van der Waals surface area (Å²) in [7, 11) is 0. The van der Waals surface area contributed by atoms with Crippen molar-refractivity contribution in [2.45, 2.75) is 40.5 Å². The molecular formula is C19H25N5. The predicted octanol–water partition coefficient (Wildman–Crippen LogP) is 4.26. The van der Waals surface area contributed by atoms with Gasteiger partial charge in [-0.15, -0.1) is 0 Å². The van der Waals surface area contributed by atoms with Gasteiger partial charge in [-0.1, -0.05) is 33.8 Å². The van der Waals surface area contributed by atoms with Crippen LogP contribution in [0.3, 0.4) is 0 Å². The highest BCUT2D eigenvalue weighted by molar-refractivity contribution is 5.61. The summed E-state index contributed by atoms with van der Waals surface area (Å²) in [4.78, 5) is 4.73. The van der Waals surface area contributed by atoms with Crippen molar-refractivity contribution in [2.24, 2.45) is 11.8 Å². The molecule has 0 fully saturated rings. The second-order valence-electron chi connectivity index (χ2n) is 7.16. The summed E-state index contributed by atoms with van der Waals surface area (Å²) in [6.07, 6.45) is 1.98. The van der Waals surface area contributed by atoms with Crippen LogP contribution in [-0.2, 0) is 12.8 Å². The molecule has 0 saturated heterocycles. The highest BCUT2D eigenvalue weighted by Gasteiger charge is 2.10. The third kappa shape index (κ3) is 3.91. The first kappa shape index (κ1) is 16.4. The van der Waals surface area contributed by atoms with Crippen LogP contribution in [0.25, 0.3) is 22.8 Å². The van der Waals surface area contributed by atoms with Gasteiger partial charge in [0.15, 0.2) is 0 Å². The molecule has 0 aromatic carbocycles. The minimum absolute atomic E-state index is 0.598. The molecule has 0 bridgehead atoms. The zero-order valence-corrected chi connectivity index (χ0v) is 14.8. The van der Waals surface area contributed by atoms with Crippen LogP contribution in [0.4, 0.5) is 0 Å². The van der Waals surface area contributed by atoms with E-state index in [0.717, 1.165) is 47.0 Å². The molecule has 0 unspecified atom stereocenters. The van der Waals surface area contributed by atoms with Crippen molar-refractivity contribution in [1.29, 1.82) is 0 Å². The highest BCUT2D eigenvalue weighted by Crippen LogP contribution is 2.22. The summed E-state index contributed by atoms with van der Waals surface area (Å²) >= 11 is 0. The SMILES string of the molecule is CC(C)Cc1cc(-c2cccc(-c3cc(CC(C)C)[nH]n3)n2)n[nH]1. The molecule has 0 aliphatic heterocycles. The maximum Gasteiger partial charge on any atom is 0.111 e. The Morgan fingerprint density at radius 2 is 1.21 bits per heavy atom. The van der Waals surface area contributed by atoms with Gasteiger partial charge in [0.1, 0.15) is 11.4 Å². The Balaban J connectivity index is 1.83. The van der Waals surface area contributed by atoms with Gasteiger partial charge in [0.2, 0.25) is 0 Å². The van der Waals surface area contributed by atoms with Crippen LogP contribution in [0.1, 0.15) is 39.1 Å². The smallest absolute Gasteiger partial charge is 0.111 e. The van der Waals surface area contributed by atoms with E-state index in [-0.39, 0.29) is 0 Å². The van der Waals surface area contributed by atoms with Crippen molar-refractivity contribution >= 4 is 0 Å². The van der Waals surface area contributed by atoms with E-state index >= 15 is 0 Å². The number of rotatable bonds is 6. The van der Waals surface area contributed by atoms with Gasteiger partial charge in [-0.3, -0.25) is 10.2 Å². The molecule has 0 atom stereocenters. The second-order valence-corrected chi connectivity index (χ2v) is 7.16. The van der Waals surface area contributed by atoms with Gasteiger partial charge >= 0.3 is 0 Å². The van der Waals surface area contributed by atoms with Crippen LogP contribution in [0.5, 0.6) is 0 Å². The Morgan fingerprint density at radius 1 is 0.750 bits per heavy atom. The van der Waals surface area contributed by atoms with Crippen molar-refractivity contribution in [3.05, 3.63) is 41.7 Å². The number of H-pyrrole nitrogens is 2. The quantitative estimate of drug-likeness (QED) is 0.712. The lowest BCUT2D eigenvalue weighted by Gasteiger charge is -2.00. The fourth-order valence-electron chi connectivity index (χ4n) is 2.79. The van der Waals surface area contributed by atoms with Crippen LogP contribution in [0.15, 0.2) is 30.3 Å². The molecule has 0 aliphatic carbocycles. The van der Waals surface area contributed by atoms with Gasteiger partial charge in [-0.05, 0) is 48.9 Å². The number of aromatic nitrogens is 5. The molecule has 2 N–H and O–H groups in total. The molecule has 5 heteroatoms. The molecule has 3 aromatic heterocycles. The molecule has 3 rings (SSSR count). The number of aromatic amines is 2. The van der Waals surface area contributed by atoms with Crippen LogP contribution in [0, 0.1) is 11.8 Å². The molecule has 3 heterocycles. The van der Waals surface area contributed by atoms with E-state index in [1.54, 1.807) is 0 Å². The lowest BCUT2D eigenvalue weighted by Crippen LogP contribution is -1.93. The zero-order valence-electron chi connectivity index (χ0n) is 14.8. The summed E-state index contributed by atoms with van der Waals surface area (Å²) in [5.41, 5.74) is 5.78. The Hall–Kier alpha value is -2.43. The van der Waals surface area contributed by atoms with Crippen molar-refractivity contribution in [1.82, 2.24) is 25.4 Å². The lowest BCUT2D eigenvalue weighted by molar-refractivity contribution is 0.633. The van der Waals surface area contributed by atoms with Crippen LogP contribution in [0.2, 0.25) is 0 Å². The molecule has 3 aromatic rings. The first-order valence-electron chi connectivity index (χ1n) is 8.57. The van der Waals surface area contributed by atoms with Crippen molar-refractivity contribution < 1.29 is 0 Å². The number of hydrogen-bond acceptors (Lipinski definition) is 3. The van der Waals surface area contributed by atoms with Crippen molar-refractivity contribution in [2.75, 3.05) is 0 Å². The average molecular weight is 323 g/mol. The van der Waals surface area contributed by atoms with Crippen LogP contribution < -0.4 is 0 Å². The first-order valence-corrected chi connectivity index (χ1v) is 8.57. The molecular weight excluding hydrogens is 298 g/mol. The summed E-state index contributed by atoms with van der Waals surface area (Å²) in [6, 6.07) is 10.1. The molecule has 0 saturated carbocycles. The lowest BCUT2D eigenvalue weighted by atomic mass is 10.1. The fourth-order valence-corrected chi connectivity index (χ4v) is 2.79. The molecule has 0 radical (unpaired) electrons. The third-order valence-corrected chi connectivity index (χ3v) is 3.79. The minimum Gasteiger partial charge on any atom is -0.282 e. The largest absolute Gasteiger partial charge is 0.282 e. The molecule has 24 heavy (non-hydrogen) atoms. The fraction of sp³-hybridized carbons (Fsp3) is 0.421. The highest BCUT2D eigenvalue weighted by atomic mass is 15.1. The summed E-state index contributed by atoms with van der Waals surface area (Å²) in [5, 5.41) is 15.0. The van der Waals surface area contributed by atoms with E-state index in [4.69, 9.17) is 4.98 Å². The van der Waals surface area contributed by atoms with Crippen molar-refractivity contribution in [3.63, 3.8) is 0 Å². The predicted molar refractivity (Wildman–Crippen MR) is 96.5 cm³/mol. The van der Waals surface area contributed by atoms with Gasteiger partial charge in [0.05, 0.1) is 11.4 Å². The van der Waals surface area contributed by atoms with E-state index in [9.17, 15) is 0 Å². The Morgan fingerprint density at radius 3 is 1.62 bits per heavy atom. The number of pyridine rings is 1. The monoisotopic (exact) mass is 323 g/mol. The number of nitrogens with zero attached hydrogens (tertiary/aromatic N) is 3. The third-order valence-electron chi connectivity index (χ3n) is 3.79. The summed E-state index contributed by atoms with van der Waals surface area (Å²) < 4.78 is 0. The number of nitrogens with one attached hydrogen (secondary N) is 2. The Labute approximate surface area is 142 Å². The van der Waals surface area contributed by atoms with Crippen LogP contribution >= 0.6 is 0 Å². The van der Waals surface area contributed by atoms with E-state index < -0.39 is 0 Å². The van der Waals surface area contributed by atoms with Crippen molar-refractivity contribution in [3.8, 4) is 22.8 Å². The number of hydrogen-bond donors (Lipinski definition) is 2. The van der Waals surface area contributed by atoms with E-state index in [2.05, 4.69) is 60.2 Å². The molecule has 0 amide bonds. The standard InChI is InChI=1S/C19H25N5/c1-12(2)8-14-10-18(23-21-14)16-6-5-7-17(20-16)19-11-15(22-24-19)9-13(3)4/h5-7,10-13H,8-9H2,1-4H3,(H,21,23)(H,22,24). The average Bonchev–Trinajstić information content (AvgIpc) is 3.16. The maximum atomic E-state index is 4.73. The second kappa shape index (κ2) is 6.99. The molecule has 5 nitrogen and oxygen atoms in total. The van der Waals surface area contributed by atoms with Gasteiger partial charge in [0, 0.05) is 11.4 Å². The van der Waals surface area contributed by atoms with Gasteiger partial charge in [0.25, 0.3) is 0 Å². The normalized spacial score (nSPS) is 11.6. The van der Waals surface area contributed by atoms with E-state index in [1.807, 2.05) is 18.2 Å². The zero-order chi connectivity index (χ0) is 17.1. The van der Waals surface area contributed by atoms with Gasteiger partial charge in [-0.2, -0.15) is 10.2 Å². The van der Waals surface area contributed by atoms with Gasteiger partial charge in [-0.25, -0.2) is 4.98 Å². The van der Waals surface area contributed by atoms with Gasteiger partial charge < -0.3 is 0 Å². The Bertz CT molecular complexity index is 734. The molecule has 0 spiro atoms. The van der Waals surface area contributed by atoms with Crippen LogP contribution in [-0.4, -0.2) is 25.4 Å². The topological polar surface area (TPSA) is 70.2 Å². The Kier molecular flexibility index (Phi) is 4.79. The minimum atomic E-state index is 0.598. The van der Waals surface area contributed by atoms with E-state index in [0.29, 0.717) is 11.8 Å². The summed E-state index contributed by atoms with van der Waals surface area (Å²) in [5.74, 6) is 1.20. The maximum absolute atomic E-state index is 4.73. The molecule has 0 aliphatic rings. The summed E-state index contributed by atoms with van der Waals surface area (Å²) in [6.45, 7) is 8.80. The van der Waals surface area contributed by atoms with E-state index in [1.165, 1.54) is 0 Å². The molecule has 126 valence electrons. The first-order chi connectivity index (χ1) is 11.5.